The lowest BCUT2D eigenvalue weighted by molar-refractivity contribution is -0.143. The molecule has 0 aliphatic rings. The Hall–Kier alpha value is -2.61. The zero-order chi connectivity index (χ0) is 16.1. The highest BCUT2D eigenvalue weighted by atomic mass is 16.5. The van der Waals surface area contributed by atoms with Gasteiger partial charge in [0.15, 0.2) is 0 Å². The Labute approximate surface area is 136 Å². The third-order valence-electron chi connectivity index (χ3n) is 4.05. The second-order valence-corrected chi connectivity index (χ2v) is 5.58. The van der Waals surface area contributed by atoms with Crippen LogP contribution in [0.4, 0.5) is 0 Å². The van der Waals surface area contributed by atoms with Crippen LogP contribution in [0, 0.1) is 0 Å². The predicted molar refractivity (Wildman–Crippen MR) is 93.5 cm³/mol. The van der Waals surface area contributed by atoms with Gasteiger partial charge in [0.05, 0.1) is 13.0 Å². The summed E-state index contributed by atoms with van der Waals surface area (Å²) in [4.78, 5) is 12.0. The van der Waals surface area contributed by atoms with E-state index in [1.165, 1.54) is 10.8 Å². The van der Waals surface area contributed by atoms with Crippen molar-refractivity contribution in [2.24, 2.45) is 0 Å². The highest BCUT2D eigenvalue weighted by molar-refractivity contribution is 5.83. The molecule has 0 aliphatic heterocycles. The van der Waals surface area contributed by atoms with Gasteiger partial charge in [0.1, 0.15) is 0 Å². The van der Waals surface area contributed by atoms with Gasteiger partial charge in [-0.05, 0) is 28.8 Å². The molecule has 0 spiro atoms. The Kier molecular flexibility index (Phi) is 4.72. The molecule has 0 radical (unpaired) electrons. The molecule has 0 N–H and O–H groups in total. The minimum Gasteiger partial charge on any atom is -0.466 e. The van der Waals surface area contributed by atoms with Crippen LogP contribution in [0.3, 0.4) is 0 Å². The first-order chi connectivity index (χ1) is 11.3. The van der Waals surface area contributed by atoms with Crippen LogP contribution < -0.4 is 0 Å². The summed E-state index contributed by atoms with van der Waals surface area (Å²) >= 11 is 0. The van der Waals surface area contributed by atoms with Gasteiger partial charge >= 0.3 is 5.97 Å². The van der Waals surface area contributed by atoms with Gasteiger partial charge < -0.3 is 4.74 Å². The monoisotopic (exact) mass is 304 g/mol. The molecule has 3 aromatic rings. The first kappa shape index (κ1) is 15.3. The molecule has 0 bridgehead atoms. The van der Waals surface area contributed by atoms with Gasteiger partial charge in [0.25, 0.3) is 0 Å². The van der Waals surface area contributed by atoms with E-state index in [-0.39, 0.29) is 11.9 Å². The van der Waals surface area contributed by atoms with E-state index >= 15 is 0 Å². The third-order valence-corrected chi connectivity index (χ3v) is 4.05. The quantitative estimate of drug-likeness (QED) is 0.625. The number of carbonyl (C=O) groups is 1. The van der Waals surface area contributed by atoms with Crippen molar-refractivity contribution in [2.75, 3.05) is 6.61 Å². The van der Waals surface area contributed by atoms with Gasteiger partial charge in [0.2, 0.25) is 0 Å². The molecular weight excluding hydrogens is 284 g/mol. The summed E-state index contributed by atoms with van der Waals surface area (Å²) in [6.07, 6.45) is 0.357. The Morgan fingerprint density at radius 2 is 1.57 bits per heavy atom. The van der Waals surface area contributed by atoms with E-state index in [2.05, 4.69) is 42.5 Å². The van der Waals surface area contributed by atoms with Crippen LogP contribution in [0.5, 0.6) is 0 Å². The van der Waals surface area contributed by atoms with E-state index in [0.717, 1.165) is 11.1 Å². The van der Waals surface area contributed by atoms with Crippen LogP contribution in [-0.4, -0.2) is 12.6 Å². The Balaban J connectivity index is 2.00. The summed E-state index contributed by atoms with van der Waals surface area (Å²) in [6.45, 7) is 2.25. The number of fused-ring (bicyclic) bond motifs is 1. The summed E-state index contributed by atoms with van der Waals surface area (Å²) in [5.74, 6) is -0.144. The standard InChI is InChI=1S/C21H20O2/c1-2-23-21(22)15-20(17-9-4-3-5-10-17)19-13-12-16-8-6-7-11-18(16)14-19/h3-14,20H,2,15H2,1H3. The van der Waals surface area contributed by atoms with E-state index in [1.807, 2.05) is 37.3 Å². The maximum Gasteiger partial charge on any atom is 0.306 e. The number of hydrogen-bond acceptors (Lipinski definition) is 2. The van der Waals surface area contributed by atoms with Crippen LogP contribution in [0.15, 0.2) is 72.8 Å². The average Bonchev–Trinajstić information content (AvgIpc) is 2.60. The lowest BCUT2D eigenvalue weighted by Crippen LogP contribution is -2.11. The zero-order valence-electron chi connectivity index (χ0n) is 13.2. The number of ether oxygens (including phenoxy) is 1. The molecule has 23 heavy (non-hydrogen) atoms. The fraction of sp³-hybridized carbons (Fsp3) is 0.190. The molecule has 116 valence electrons. The minimum absolute atomic E-state index is 0.0138. The molecule has 3 aromatic carbocycles. The van der Waals surface area contributed by atoms with Crippen molar-refractivity contribution in [2.45, 2.75) is 19.3 Å². The van der Waals surface area contributed by atoms with Crippen molar-refractivity contribution in [3.63, 3.8) is 0 Å². The maximum atomic E-state index is 12.0. The van der Waals surface area contributed by atoms with Gasteiger partial charge in [-0.3, -0.25) is 4.79 Å². The molecule has 3 rings (SSSR count). The second-order valence-electron chi connectivity index (χ2n) is 5.58. The Morgan fingerprint density at radius 3 is 2.30 bits per heavy atom. The molecule has 2 nitrogen and oxygen atoms in total. The third kappa shape index (κ3) is 3.59. The summed E-state index contributed by atoms with van der Waals surface area (Å²) in [5.41, 5.74) is 2.28. The normalized spacial score (nSPS) is 12.0. The lowest BCUT2D eigenvalue weighted by atomic mass is 9.87. The number of hydrogen-bond donors (Lipinski definition) is 0. The largest absolute Gasteiger partial charge is 0.466 e. The summed E-state index contributed by atoms with van der Waals surface area (Å²) in [6, 6.07) is 24.8. The van der Waals surface area contributed by atoms with E-state index in [1.54, 1.807) is 0 Å². The topological polar surface area (TPSA) is 26.3 Å². The highest BCUT2D eigenvalue weighted by Gasteiger charge is 2.19. The van der Waals surface area contributed by atoms with Gasteiger partial charge in [0, 0.05) is 5.92 Å². The molecule has 0 amide bonds. The molecule has 1 unspecified atom stereocenters. The second kappa shape index (κ2) is 7.10. The Bertz CT molecular complexity index is 793. The molecule has 0 saturated carbocycles. The van der Waals surface area contributed by atoms with Crippen molar-refractivity contribution in [1.29, 1.82) is 0 Å². The molecule has 1 atom stereocenters. The molecule has 0 aliphatic carbocycles. The van der Waals surface area contributed by atoms with Crippen LogP contribution in [0.25, 0.3) is 10.8 Å². The smallest absolute Gasteiger partial charge is 0.306 e. The van der Waals surface area contributed by atoms with Crippen molar-refractivity contribution < 1.29 is 9.53 Å². The van der Waals surface area contributed by atoms with Crippen LogP contribution >= 0.6 is 0 Å². The van der Waals surface area contributed by atoms with Crippen LogP contribution in [-0.2, 0) is 9.53 Å². The van der Waals surface area contributed by atoms with E-state index in [0.29, 0.717) is 13.0 Å². The minimum atomic E-state index is -0.158. The van der Waals surface area contributed by atoms with Crippen LogP contribution in [0.2, 0.25) is 0 Å². The van der Waals surface area contributed by atoms with Crippen molar-refractivity contribution in [3.05, 3.63) is 83.9 Å². The van der Waals surface area contributed by atoms with Crippen molar-refractivity contribution >= 4 is 16.7 Å². The Morgan fingerprint density at radius 1 is 0.870 bits per heavy atom. The lowest BCUT2D eigenvalue weighted by Gasteiger charge is -2.18. The van der Waals surface area contributed by atoms with E-state index < -0.39 is 0 Å². The van der Waals surface area contributed by atoms with Gasteiger partial charge in [-0.1, -0.05) is 72.8 Å². The number of esters is 1. The van der Waals surface area contributed by atoms with Gasteiger partial charge in [-0.2, -0.15) is 0 Å². The predicted octanol–water partition coefficient (Wildman–Crippen LogP) is 4.92. The number of rotatable bonds is 5. The molecule has 0 heterocycles. The fourth-order valence-corrected chi connectivity index (χ4v) is 2.92. The summed E-state index contributed by atoms with van der Waals surface area (Å²) in [7, 11) is 0. The molecule has 0 fully saturated rings. The molecule has 0 aromatic heterocycles. The number of benzene rings is 3. The van der Waals surface area contributed by atoms with Gasteiger partial charge in [-0.25, -0.2) is 0 Å². The molecule has 2 heteroatoms. The maximum absolute atomic E-state index is 12.0. The number of carbonyl (C=O) groups excluding carboxylic acids is 1. The first-order valence-electron chi connectivity index (χ1n) is 7.97. The summed E-state index contributed by atoms with van der Waals surface area (Å²) in [5, 5.41) is 2.40. The SMILES string of the molecule is CCOC(=O)CC(c1ccccc1)c1ccc2ccccc2c1. The molecule has 0 saturated heterocycles. The first-order valence-corrected chi connectivity index (χ1v) is 7.97. The van der Waals surface area contributed by atoms with E-state index in [9.17, 15) is 4.79 Å². The summed E-state index contributed by atoms with van der Waals surface area (Å²) < 4.78 is 5.16. The van der Waals surface area contributed by atoms with Gasteiger partial charge in [-0.15, -0.1) is 0 Å². The zero-order valence-corrected chi connectivity index (χ0v) is 13.2. The molecular formula is C21H20O2. The fourth-order valence-electron chi connectivity index (χ4n) is 2.92. The van der Waals surface area contributed by atoms with E-state index in [4.69, 9.17) is 4.74 Å². The van der Waals surface area contributed by atoms with Crippen molar-refractivity contribution in [1.82, 2.24) is 0 Å². The highest BCUT2D eigenvalue weighted by Crippen LogP contribution is 2.30. The van der Waals surface area contributed by atoms with Crippen molar-refractivity contribution in [3.8, 4) is 0 Å². The van der Waals surface area contributed by atoms with Crippen LogP contribution in [0.1, 0.15) is 30.4 Å². The average molecular weight is 304 g/mol.